The summed E-state index contributed by atoms with van der Waals surface area (Å²) in [5.41, 5.74) is 2.02. The highest BCUT2D eigenvalue weighted by Crippen LogP contribution is 2.26. The smallest absolute Gasteiger partial charge is 0.238 e. The van der Waals surface area contributed by atoms with E-state index in [2.05, 4.69) is 5.32 Å². The number of carbonyl (C=O) groups excluding carboxylic acids is 1. The topological polar surface area (TPSA) is 66.5 Å². The Balaban J connectivity index is 2.39. The Morgan fingerprint density at radius 3 is 2.55 bits per heavy atom. The first-order chi connectivity index (χ1) is 9.49. The van der Waals surface area contributed by atoms with Crippen LogP contribution in [-0.2, 0) is 27.8 Å². The predicted octanol–water partition coefficient (Wildman–Crippen LogP) is 0.899. The van der Waals surface area contributed by atoms with E-state index in [0.717, 1.165) is 11.1 Å². The maximum absolute atomic E-state index is 12.2. The van der Waals surface area contributed by atoms with E-state index in [1.807, 2.05) is 31.2 Å². The van der Waals surface area contributed by atoms with Crippen molar-refractivity contribution in [2.24, 2.45) is 0 Å². The van der Waals surface area contributed by atoms with Gasteiger partial charge in [0.1, 0.15) is 6.04 Å². The van der Waals surface area contributed by atoms with Gasteiger partial charge in [0.2, 0.25) is 15.9 Å². The molecule has 110 valence electrons. The molecule has 1 aliphatic heterocycles. The number of likely N-dealkylation sites (N-methyl/N-ethyl adjacent to an activating group) is 1. The summed E-state index contributed by atoms with van der Waals surface area (Å²) in [5, 5.41) is 2.73. The maximum Gasteiger partial charge on any atom is 0.238 e. The van der Waals surface area contributed by atoms with Crippen molar-refractivity contribution in [2.45, 2.75) is 32.9 Å². The largest absolute Gasteiger partial charge is 0.355 e. The van der Waals surface area contributed by atoms with Crippen LogP contribution in [0.15, 0.2) is 24.3 Å². The highest BCUT2D eigenvalue weighted by molar-refractivity contribution is 7.89. The van der Waals surface area contributed by atoms with E-state index in [1.165, 1.54) is 4.31 Å². The van der Waals surface area contributed by atoms with Crippen molar-refractivity contribution in [1.29, 1.82) is 0 Å². The van der Waals surface area contributed by atoms with Crippen molar-refractivity contribution in [3.05, 3.63) is 35.4 Å². The first kappa shape index (κ1) is 15.0. The second-order valence-corrected chi connectivity index (χ2v) is 7.04. The molecule has 2 rings (SSSR count). The minimum absolute atomic E-state index is 0.00503. The second-order valence-electron chi connectivity index (χ2n) is 4.83. The van der Waals surface area contributed by atoms with Crippen LogP contribution in [0.1, 0.15) is 25.0 Å². The molecule has 1 aromatic carbocycles. The normalized spacial score (nSPS) is 19.4. The Morgan fingerprint density at radius 2 is 1.95 bits per heavy atom. The molecule has 1 unspecified atom stereocenters. The number of nitrogens with one attached hydrogen (secondary N) is 1. The Labute approximate surface area is 120 Å². The maximum atomic E-state index is 12.2. The summed E-state index contributed by atoms with van der Waals surface area (Å²) in [5.74, 6) is -0.218. The van der Waals surface area contributed by atoms with Crippen LogP contribution in [0, 0.1) is 0 Å². The summed E-state index contributed by atoms with van der Waals surface area (Å²) in [6.07, 6.45) is 0.432. The van der Waals surface area contributed by atoms with E-state index in [4.69, 9.17) is 0 Å². The van der Waals surface area contributed by atoms with E-state index >= 15 is 0 Å². The van der Waals surface area contributed by atoms with Gasteiger partial charge in [-0.2, -0.15) is 4.31 Å². The van der Waals surface area contributed by atoms with Crippen molar-refractivity contribution in [2.75, 3.05) is 12.3 Å². The van der Waals surface area contributed by atoms with Crippen LogP contribution in [0.2, 0.25) is 0 Å². The van der Waals surface area contributed by atoms with E-state index in [0.29, 0.717) is 13.0 Å². The van der Waals surface area contributed by atoms with Gasteiger partial charge in [-0.3, -0.25) is 4.79 Å². The van der Waals surface area contributed by atoms with E-state index < -0.39 is 16.1 Å². The van der Waals surface area contributed by atoms with Crippen molar-refractivity contribution in [1.82, 2.24) is 9.62 Å². The number of sulfonamides is 1. The summed E-state index contributed by atoms with van der Waals surface area (Å²) in [7, 11) is -3.40. The number of hydrogen-bond donors (Lipinski definition) is 1. The molecular formula is C14H20N2O3S. The monoisotopic (exact) mass is 296 g/mol. The summed E-state index contributed by atoms with van der Waals surface area (Å²) >= 11 is 0. The molecule has 0 fully saturated rings. The molecule has 5 nitrogen and oxygen atoms in total. The number of benzene rings is 1. The lowest BCUT2D eigenvalue weighted by molar-refractivity contribution is -0.125. The molecular weight excluding hydrogens is 276 g/mol. The Kier molecular flexibility index (Phi) is 4.45. The van der Waals surface area contributed by atoms with Gasteiger partial charge in [-0.25, -0.2) is 8.42 Å². The lowest BCUT2D eigenvalue weighted by Gasteiger charge is -2.34. The van der Waals surface area contributed by atoms with Crippen LogP contribution in [0.5, 0.6) is 0 Å². The van der Waals surface area contributed by atoms with Crippen LogP contribution in [0.4, 0.5) is 0 Å². The fourth-order valence-electron chi connectivity index (χ4n) is 2.47. The lowest BCUT2D eigenvalue weighted by Crippen LogP contribution is -2.52. The van der Waals surface area contributed by atoms with Gasteiger partial charge in [0.25, 0.3) is 0 Å². The number of carbonyl (C=O) groups is 1. The van der Waals surface area contributed by atoms with Crippen LogP contribution in [-0.4, -0.2) is 37.0 Å². The Morgan fingerprint density at radius 1 is 1.30 bits per heavy atom. The molecule has 0 saturated heterocycles. The summed E-state index contributed by atoms with van der Waals surface area (Å²) in [6.45, 7) is 4.20. The second kappa shape index (κ2) is 5.93. The number of rotatable bonds is 4. The molecule has 0 radical (unpaired) electrons. The molecule has 0 aromatic heterocycles. The van der Waals surface area contributed by atoms with Gasteiger partial charge >= 0.3 is 0 Å². The lowest BCUT2D eigenvalue weighted by atomic mass is 9.95. The minimum Gasteiger partial charge on any atom is -0.355 e. The first-order valence-electron chi connectivity index (χ1n) is 6.83. The van der Waals surface area contributed by atoms with Gasteiger partial charge in [0.05, 0.1) is 5.75 Å². The average Bonchev–Trinajstić information content (AvgIpc) is 2.46. The molecule has 0 spiro atoms. The zero-order valence-electron chi connectivity index (χ0n) is 11.8. The zero-order valence-corrected chi connectivity index (χ0v) is 12.6. The van der Waals surface area contributed by atoms with Crippen LogP contribution >= 0.6 is 0 Å². The highest BCUT2D eigenvalue weighted by Gasteiger charge is 2.37. The van der Waals surface area contributed by atoms with E-state index in [-0.39, 0.29) is 18.2 Å². The fraction of sp³-hybridized carbons (Fsp3) is 0.500. The standard InChI is InChI=1S/C14H20N2O3S/c1-3-15-14(17)13-9-11-7-5-6-8-12(11)10-16(13)20(18,19)4-2/h5-8,13H,3-4,9-10H2,1-2H3,(H,15,17). The molecule has 20 heavy (non-hydrogen) atoms. The van der Waals surface area contributed by atoms with Crippen LogP contribution in [0.3, 0.4) is 0 Å². The number of hydrogen-bond acceptors (Lipinski definition) is 3. The van der Waals surface area contributed by atoms with Gasteiger partial charge in [-0.05, 0) is 31.4 Å². The molecule has 0 aliphatic carbocycles. The van der Waals surface area contributed by atoms with Gasteiger partial charge in [0.15, 0.2) is 0 Å². The number of fused-ring (bicyclic) bond motifs is 1. The molecule has 1 aliphatic rings. The molecule has 1 amide bonds. The first-order valence-corrected chi connectivity index (χ1v) is 8.44. The van der Waals surface area contributed by atoms with Crippen LogP contribution < -0.4 is 5.32 Å². The fourth-order valence-corrected chi connectivity index (χ4v) is 3.70. The summed E-state index contributed by atoms with van der Waals surface area (Å²) < 4.78 is 25.8. The van der Waals surface area contributed by atoms with Gasteiger partial charge in [-0.15, -0.1) is 0 Å². The predicted molar refractivity (Wildman–Crippen MR) is 77.6 cm³/mol. The van der Waals surface area contributed by atoms with Gasteiger partial charge in [0, 0.05) is 13.1 Å². The van der Waals surface area contributed by atoms with Crippen molar-refractivity contribution in [3.63, 3.8) is 0 Å². The Hall–Kier alpha value is -1.40. The summed E-state index contributed by atoms with van der Waals surface area (Å²) in [6, 6.07) is 7.04. The SMILES string of the molecule is CCNC(=O)C1Cc2ccccc2CN1S(=O)(=O)CC. The van der Waals surface area contributed by atoms with Crippen molar-refractivity contribution >= 4 is 15.9 Å². The number of nitrogens with zero attached hydrogens (tertiary/aromatic N) is 1. The molecule has 1 N–H and O–H groups in total. The third kappa shape index (κ3) is 2.86. The third-order valence-corrected chi connectivity index (χ3v) is 5.41. The summed E-state index contributed by atoms with van der Waals surface area (Å²) in [4.78, 5) is 12.2. The van der Waals surface area contributed by atoms with E-state index in [9.17, 15) is 13.2 Å². The highest BCUT2D eigenvalue weighted by atomic mass is 32.2. The molecule has 1 atom stereocenters. The molecule has 6 heteroatoms. The quantitative estimate of drug-likeness (QED) is 0.897. The molecule has 0 bridgehead atoms. The van der Waals surface area contributed by atoms with Crippen molar-refractivity contribution in [3.8, 4) is 0 Å². The van der Waals surface area contributed by atoms with E-state index in [1.54, 1.807) is 6.92 Å². The van der Waals surface area contributed by atoms with Gasteiger partial charge < -0.3 is 5.32 Å². The molecule has 1 heterocycles. The van der Waals surface area contributed by atoms with Gasteiger partial charge in [-0.1, -0.05) is 24.3 Å². The minimum atomic E-state index is -3.40. The third-order valence-electron chi connectivity index (χ3n) is 3.58. The Bertz CT molecular complexity index is 598. The average molecular weight is 296 g/mol. The zero-order chi connectivity index (χ0) is 14.8. The van der Waals surface area contributed by atoms with Crippen LogP contribution in [0.25, 0.3) is 0 Å². The molecule has 0 saturated carbocycles. The number of amides is 1. The van der Waals surface area contributed by atoms with Crippen molar-refractivity contribution < 1.29 is 13.2 Å². The molecule has 1 aromatic rings.